The molecular weight excluding hydrogens is 504 g/mol. The molecule has 0 aromatic heterocycles. The molecule has 0 amide bonds. The summed E-state index contributed by atoms with van der Waals surface area (Å²) in [5.41, 5.74) is 0.974. The highest BCUT2D eigenvalue weighted by Crippen LogP contribution is 2.34. The lowest BCUT2D eigenvalue weighted by atomic mass is 9.84. The standard InChI is InChI=1S/C38H67OS/c1-3-5-7-9-11-13-15-17-19-27-33-40(34-28-20-18-16-14-12-10-8-6-4-2)38(36-31-25-22-26-32-36)37(39)35-29-23-21-24-30-35/h21,23-24,29-30,36,38H,3-20,22,25-28,31-34H2,1-2H3/q+1. The summed E-state index contributed by atoms with van der Waals surface area (Å²) in [5.74, 6) is 3.70. The lowest BCUT2D eigenvalue weighted by Gasteiger charge is -2.29. The van der Waals surface area contributed by atoms with Crippen molar-refractivity contribution in [2.75, 3.05) is 11.5 Å². The molecule has 0 spiro atoms. The molecule has 1 aromatic carbocycles. The Morgan fingerprint density at radius 2 is 1.00 bits per heavy atom. The normalized spacial score (nSPS) is 15.1. The summed E-state index contributed by atoms with van der Waals surface area (Å²) < 4.78 is 0. The molecule has 1 nitrogen and oxygen atoms in total. The predicted molar refractivity (Wildman–Crippen MR) is 182 cm³/mol. The second kappa shape index (κ2) is 24.8. The minimum atomic E-state index is 0.235. The molecule has 0 radical (unpaired) electrons. The molecule has 40 heavy (non-hydrogen) atoms. The highest BCUT2D eigenvalue weighted by Gasteiger charge is 2.42. The molecule has 0 N–H and O–H groups in total. The van der Waals surface area contributed by atoms with Crippen LogP contribution in [0.5, 0.6) is 0 Å². The van der Waals surface area contributed by atoms with E-state index in [9.17, 15) is 4.79 Å². The number of unbranched alkanes of at least 4 members (excludes halogenated alkanes) is 18. The van der Waals surface area contributed by atoms with Crippen LogP contribution in [0.15, 0.2) is 30.3 Å². The van der Waals surface area contributed by atoms with Gasteiger partial charge in [0, 0.05) is 11.5 Å². The van der Waals surface area contributed by atoms with Crippen LogP contribution in [-0.4, -0.2) is 22.5 Å². The zero-order chi connectivity index (χ0) is 28.5. The second-order valence-corrected chi connectivity index (χ2v) is 15.3. The number of ketones is 1. The van der Waals surface area contributed by atoms with Gasteiger partial charge in [0.15, 0.2) is 5.25 Å². The van der Waals surface area contributed by atoms with Gasteiger partial charge in [0.25, 0.3) is 0 Å². The first-order valence-corrected chi connectivity index (χ1v) is 19.7. The van der Waals surface area contributed by atoms with E-state index in [0.717, 1.165) is 5.56 Å². The molecule has 1 aliphatic carbocycles. The van der Waals surface area contributed by atoms with E-state index in [1.807, 2.05) is 0 Å². The van der Waals surface area contributed by atoms with Crippen LogP contribution < -0.4 is 0 Å². The average Bonchev–Trinajstić information content (AvgIpc) is 2.99. The van der Waals surface area contributed by atoms with E-state index in [4.69, 9.17) is 0 Å². The first kappa shape index (κ1) is 35.4. The van der Waals surface area contributed by atoms with E-state index in [2.05, 4.69) is 44.2 Å². The van der Waals surface area contributed by atoms with Gasteiger partial charge in [-0.25, -0.2) is 0 Å². The maximum Gasteiger partial charge on any atom is 0.215 e. The number of carbonyl (C=O) groups is 1. The van der Waals surface area contributed by atoms with Crippen LogP contribution in [0.4, 0.5) is 0 Å². The molecule has 1 aliphatic rings. The van der Waals surface area contributed by atoms with E-state index in [0.29, 0.717) is 11.7 Å². The Labute approximate surface area is 253 Å². The zero-order valence-electron chi connectivity index (χ0n) is 26.9. The van der Waals surface area contributed by atoms with Crippen molar-refractivity contribution in [3.63, 3.8) is 0 Å². The van der Waals surface area contributed by atoms with Crippen molar-refractivity contribution in [2.24, 2.45) is 5.92 Å². The van der Waals surface area contributed by atoms with E-state index in [1.165, 1.54) is 172 Å². The maximum atomic E-state index is 14.1. The fourth-order valence-corrected chi connectivity index (χ4v) is 9.86. The summed E-state index contributed by atoms with van der Waals surface area (Å²) in [6, 6.07) is 10.4. The van der Waals surface area contributed by atoms with Gasteiger partial charge >= 0.3 is 0 Å². The van der Waals surface area contributed by atoms with Gasteiger partial charge in [0.05, 0.1) is 0 Å². The Morgan fingerprint density at radius 1 is 0.600 bits per heavy atom. The van der Waals surface area contributed by atoms with E-state index >= 15 is 0 Å². The SMILES string of the molecule is CCCCCCCCCCCC[S+](CCCCCCCCCCCC)C(C(=O)c1ccccc1)C1CCCCC1. The zero-order valence-corrected chi connectivity index (χ0v) is 27.8. The number of hydrogen-bond donors (Lipinski definition) is 0. The van der Waals surface area contributed by atoms with Crippen molar-refractivity contribution in [2.45, 2.75) is 180 Å². The van der Waals surface area contributed by atoms with Gasteiger partial charge in [-0.05, 0) is 49.4 Å². The number of carbonyl (C=O) groups excluding carboxylic acids is 1. The summed E-state index contributed by atoms with van der Waals surface area (Å²) in [5, 5.41) is 0.278. The molecule has 2 rings (SSSR count). The Balaban J connectivity index is 1.87. The van der Waals surface area contributed by atoms with Crippen LogP contribution in [0, 0.1) is 5.92 Å². The van der Waals surface area contributed by atoms with Crippen LogP contribution in [0.2, 0.25) is 0 Å². The third-order valence-electron chi connectivity index (χ3n) is 9.27. The largest absolute Gasteiger partial charge is 0.288 e. The Bertz CT molecular complexity index is 671. The van der Waals surface area contributed by atoms with Crippen molar-refractivity contribution >= 4 is 16.7 Å². The Morgan fingerprint density at radius 3 is 1.43 bits per heavy atom. The van der Waals surface area contributed by atoms with Crippen LogP contribution in [0.25, 0.3) is 0 Å². The van der Waals surface area contributed by atoms with Crippen molar-refractivity contribution < 1.29 is 4.79 Å². The van der Waals surface area contributed by atoms with Crippen molar-refractivity contribution in [1.29, 1.82) is 0 Å². The van der Waals surface area contributed by atoms with Gasteiger partial charge in [-0.3, -0.25) is 4.79 Å². The fraction of sp³-hybridized carbons (Fsp3) is 0.816. The predicted octanol–water partition coefficient (Wildman–Crippen LogP) is 12.3. The number of hydrogen-bond acceptors (Lipinski definition) is 1. The third-order valence-corrected chi connectivity index (χ3v) is 12.2. The van der Waals surface area contributed by atoms with Crippen LogP contribution in [0.1, 0.15) is 185 Å². The smallest absolute Gasteiger partial charge is 0.215 e. The maximum absolute atomic E-state index is 14.1. The molecule has 1 saturated carbocycles. The first-order valence-electron chi connectivity index (χ1n) is 18.0. The summed E-state index contributed by atoms with van der Waals surface area (Å²) in [4.78, 5) is 14.1. The lowest BCUT2D eigenvalue weighted by Crippen LogP contribution is -2.41. The van der Waals surface area contributed by atoms with Crippen molar-refractivity contribution in [3.05, 3.63) is 35.9 Å². The lowest BCUT2D eigenvalue weighted by molar-refractivity contribution is 0.0958. The molecule has 1 atom stereocenters. The molecule has 1 fully saturated rings. The molecule has 1 unspecified atom stereocenters. The third kappa shape index (κ3) is 16.0. The molecule has 0 bridgehead atoms. The van der Waals surface area contributed by atoms with E-state index < -0.39 is 0 Å². The number of benzene rings is 1. The van der Waals surface area contributed by atoms with Crippen molar-refractivity contribution in [1.82, 2.24) is 0 Å². The van der Waals surface area contributed by atoms with Gasteiger partial charge in [-0.15, -0.1) is 0 Å². The van der Waals surface area contributed by atoms with Crippen LogP contribution in [-0.2, 0) is 10.9 Å². The van der Waals surface area contributed by atoms with E-state index in [-0.39, 0.29) is 16.1 Å². The van der Waals surface area contributed by atoms with Gasteiger partial charge in [0.2, 0.25) is 5.78 Å². The van der Waals surface area contributed by atoms with Crippen LogP contribution >= 0.6 is 0 Å². The number of Topliss-reactive ketones (excluding diaryl/α,β-unsaturated/α-hetero) is 1. The molecule has 2 heteroatoms. The molecular formula is C38H67OS+. The monoisotopic (exact) mass is 571 g/mol. The summed E-state index contributed by atoms with van der Waals surface area (Å²) in [6.45, 7) is 4.60. The highest BCUT2D eigenvalue weighted by molar-refractivity contribution is 7.98. The second-order valence-electron chi connectivity index (χ2n) is 12.9. The average molecular weight is 572 g/mol. The minimum absolute atomic E-state index is 0.235. The topological polar surface area (TPSA) is 17.1 Å². The highest BCUT2D eigenvalue weighted by atomic mass is 32.2. The number of rotatable bonds is 26. The minimum Gasteiger partial charge on any atom is -0.288 e. The van der Waals surface area contributed by atoms with Gasteiger partial charge < -0.3 is 0 Å². The molecule has 0 heterocycles. The van der Waals surface area contributed by atoms with Gasteiger partial charge in [0.1, 0.15) is 11.5 Å². The summed E-state index contributed by atoms with van der Waals surface area (Å²) >= 11 is 0. The van der Waals surface area contributed by atoms with Gasteiger partial charge in [-0.2, -0.15) is 0 Å². The fourth-order valence-electron chi connectivity index (χ4n) is 6.75. The first-order chi connectivity index (χ1) is 19.8. The quantitative estimate of drug-likeness (QED) is 0.0614. The molecule has 1 aromatic rings. The van der Waals surface area contributed by atoms with Crippen LogP contribution in [0.3, 0.4) is 0 Å². The van der Waals surface area contributed by atoms with E-state index in [1.54, 1.807) is 0 Å². The van der Waals surface area contributed by atoms with Crippen molar-refractivity contribution in [3.8, 4) is 0 Å². The Hall–Kier alpha value is -0.760. The van der Waals surface area contributed by atoms with Gasteiger partial charge in [-0.1, -0.05) is 166 Å². The summed E-state index contributed by atoms with van der Waals surface area (Å²) in [6.07, 6.45) is 34.5. The summed E-state index contributed by atoms with van der Waals surface area (Å²) in [7, 11) is 0.235. The molecule has 230 valence electrons. The molecule has 0 aliphatic heterocycles. The molecule has 0 saturated heterocycles. The Kier molecular flexibility index (Phi) is 22.0.